The highest BCUT2D eigenvalue weighted by atomic mass is 32.1. The Hall–Kier alpha value is -4.41. The van der Waals surface area contributed by atoms with Crippen LogP contribution < -0.4 is 5.32 Å². The number of fused-ring (bicyclic) bond motifs is 2. The molecule has 0 aliphatic rings. The number of thiophene rings is 1. The van der Waals surface area contributed by atoms with Crippen molar-refractivity contribution < 1.29 is 4.79 Å². The summed E-state index contributed by atoms with van der Waals surface area (Å²) in [4.78, 5) is 32.1. The molecule has 10 heteroatoms. The lowest BCUT2D eigenvalue weighted by molar-refractivity contribution is -0.116. The summed E-state index contributed by atoms with van der Waals surface area (Å²) in [7, 11) is 3.70. The average molecular weight is 495 g/mol. The smallest absolute Gasteiger partial charge is 0.238 e. The molecule has 0 radical (unpaired) electrons. The van der Waals surface area contributed by atoms with Gasteiger partial charge in [-0.1, -0.05) is 6.07 Å². The van der Waals surface area contributed by atoms with Gasteiger partial charge in [-0.3, -0.25) is 19.9 Å². The largest absolute Gasteiger partial charge is 0.353 e. The minimum absolute atomic E-state index is 0.0973. The van der Waals surface area contributed by atoms with Gasteiger partial charge in [0, 0.05) is 46.0 Å². The van der Waals surface area contributed by atoms with Gasteiger partial charge < -0.3 is 15.2 Å². The van der Waals surface area contributed by atoms with Crippen molar-refractivity contribution in [2.75, 3.05) is 26.0 Å². The molecule has 0 fully saturated rings. The van der Waals surface area contributed by atoms with Crippen molar-refractivity contribution in [3.05, 3.63) is 66.6 Å². The molecule has 0 bridgehead atoms. The predicted octanol–water partition coefficient (Wildman–Crippen LogP) is 4.79. The topological polar surface area (TPSA) is 115 Å². The first-order valence-electron chi connectivity index (χ1n) is 11.3. The molecule has 6 heterocycles. The number of carbonyl (C=O) groups excluding carboxylic acids is 1. The van der Waals surface area contributed by atoms with Crippen LogP contribution in [0.3, 0.4) is 0 Å². The van der Waals surface area contributed by atoms with Crippen molar-refractivity contribution in [3.8, 4) is 33.1 Å². The Labute approximate surface area is 210 Å². The number of anilines is 1. The number of hydrogen-bond donors (Lipinski definition) is 3. The zero-order valence-corrected chi connectivity index (χ0v) is 20.4. The molecule has 0 unspecified atom stereocenters. The van der Waals surface area contributed by atoms with Gasteiger partial charge in [0.25, 0.3) is 0 Å². The molecule has 1 amide bonds. The molecular formula is C26H22N8OS. The summed E-state index contributed by atoms with van der Waals surface area (Å²) in [6.45, 7) is 0.296. The summed E-state index contributed by atoms with van der Waals surface area (Å²) >= 11 is 1.67. The standard InChI is InChI=1S/C26H22N8OS/c1-34(2)14-23(35)30-17-8-15(11-27-13-17)16-9-19-24(32-33-26(19)29-12-16)21-10-18-20(31-21)5-6-28-25(18)22-4-3-7-36-22/h3-13,31H,14H2,1-2H3,(H,30,35)(H,29,32,33). The minimum atomic E-state index is -0.0973. The first kappa shape index (κ1) is 22.1. The molecule has 6 aromatic heterocycles. The van der Waals surface area contributed by atoms with E-state index in [-0.39, 0.29) is 5.91 Å². The van der Waals surface area contributed by atoms with Gasteiger partial charge in [-0.15, -0.1) is 11.3 Å². The monoisotopic (exact) mass is 494 g/mol. The summed E-state index contributed by atoms with van der Waals surface area (Å²) in [5, 5.41) is 14.4. The third-order valence-electron chi connectivity index (χ3n) is 5.80. The fourth-order valence-electron chi connectivity index (χ4n) is 4.21. The van der Waals surface area contributed by atoms with Crippen molar-refractivity contribution in [1.82, 2.24) is 35.0 Å². The van der Waals surface area contributed by atoms with E-state index in [4.69, 9.17) is 0 Å². The van der Waals surface area contributed by atoms with Gasteiger partial charge >= 0.3 is 0 Å². The molecule has 3 N–H and O–H groups in total. The van der Waals surface area contributed by atoms with E-state index >= 15 is 0 Å². The number of nitrogens with zero attached hydrogens (tertiary/aromatic N) is 5. The predicted molar refractivity (Wildman–Crippen MR) is 143 cm³/mol. The first-order chi connectivity index (χ1) is 17.5. The third-order valence-corrected chi connectivity index (χ3v) is 6.67. The second-order valence-corrected chi connectivity index (χ2v) is 9.67. The average Bonchev–Trinajstić information content (AvgIpc) is 3.62. The Morgan fingerprint density at radius 1 is 1.06 bits per heavy atom. The van der Waals surface area contributed by atoms with Crippen LogP contribution in [-0.4, -0.2) is 61.6 Å². The van der Waals surface area contributed by atoms with Gasteiger partial charge in [0.05, 0.1) is 40.4 Å². The van der Waals surface area contributed by atoms with Gasteiger partial charge in [0.15, 0.2) is 5.65 Å². The number of aromatic amines is 2. The maximum atomic E-state index is 12.2. The second-order valence-electron chi connectivity index (χ2n) is 8.72. The lowest BCUT2D eigenvalue weighted by Crippen LogP contribution is -2.27. The van der Waals surface area contributed by atoms with Crippen molar-refractivity contribution in [2.24, 2.45) is 0 Å². The molecule has 178 valence electrons. The van der Waals surface area contributed by atoms with Gasteiger partial charge in [0.1, 0.15) is 0 Å². The van der Waals surface area contributed by atoms with Gasteiger partial charge in [-0.25, -0.2) is 4.98 Å². The number of carbonyl (C=O) groups is 1. The summed E-state index contributed by atoms with van der Waals surface area (Å²) < 4.78 is 0. The zero-order valence-electron chi connectivity index (χ0n) is 19.6. The fourth-order valence-corrected chi connectivity index (χ4v) is 4.95. The van der Waals surface area contributed by atoms with Crippen LogP contribution in [0.4, 0.5) is 5.69 Å². The highest BCUT2D eigenvalue weighted by Crippen LogP contribution is 2.35. The van der Waals surface area contributed by atoms with Gasteiger partial charge in [-0.2, -0.15) is 5.10 Å². The van der Waals surface area contributed by atoms with Crippen molar-refractivity contribution in [3.63, 3.8) is 0 Å². The van der Waals surface area contributed by atoms with E-state index in [0.29, 0.717) is 17.9 Å². The molecule has 6 rings (SSSR count). The Morgan fingerprint density at radius 3 is 2.78 bits per heavy atom. The number of hydrogen-bond acceptors (Lipinski definition) is 7. The van der Waals surface area contributed by atoms with Crippen LogP contribution in [-0.2, 0) is 4.79 Å². The Kier molecular flexibility index (Phi) is 5.51. The van der Waals surface area contributed by atoms with Crippen LogP contribution in [0, 0.1) is 0 Å². The maximum absolute atomic E-state index is 12.2. The van der Waals surface area contributed by atoms with Gasteiger partial charge in [0.2, 0.25) is 5.91 Å². The van der Waals surface area contributed by atoms with E-state index < -0.39 is 0 Å². The van der Waals surface area contributed by atoms with Crippen molar-refractivity contribution in [1.29, 1.82) is 0 Å². The summed E-state index contributed by atoms with van der Waals surface area (Å²) in [5.74, 6) is -0.0973. The van der Waals surface area contributed by atoms with Crippen LogP contribution in [0.15, 0.2) is 66.6 Å². The van der Waals surface area contributed by atoms with E-state index in [1.165, 1.54) is 0 Å². The van der Waals surface area contributed by atoms with Crippen LogP contribution in [0.1, 0.15) is 0 Å². The number of rotatable bonds is 6. The van der Waals surface area contributed by atoms with E-state index in [2.05, 4.69) is 53.0 Å². The van der Waals surface area contributed by atoms with E-state index in [9.17, 15) is 4.79 Å². The second kappa shape index (κ2) is 8.99. The third kappa shape index (κ3) is 4.12. The molecule has 0 saturated carbocycles. The van der Waals surface area contributed by atoms with Crippen LogP contribution in [0.5, 0.6) is 0 Å². The number of amides is 1. The molecule has 0 aliphatic heterocycles. The molecule has 0 spiro atoms. The van der Waals surface area contributed by atoms with E-state index in [0.717, 1.165) is 49.4 Å². The first-order valence-corrected chi connectivity index (χ1v) is 12.2. The number of aromatic nitrogens is 6. The minimum Gasteiger partial charge on any atom is -0.353 e. The lowest BCUT2D eigenvalue weighted by Gasteiger charge is -2.10. The highest BCUT2D eigenvalue weighted by Gasteiger charge is 2.16. The molecule has 0 aliphatic carbocycles. The van der Waals surface area contributed by atoms with Crippen molar-refractivity contribution in [2.45, 2.75) is 0 Å². The number of H-pyrrole nitrogens is 2. The molecule has 0 saturated heterocycles. The number of pyridine rings is 3. The quantitative estimate of drug-likeness (QED) is 0.307. The summed E-state index contributed by atoms with van der Waals surface area (Å²) in [6.07, 6.45) is 6.97. The molecule has 36 heavy (non-hydrogen) atoms. The zero-order chi connectivity index (χ0) is 24.6. The summed E-state index contributed by atoms with van der Waals surface area (Å²) in [5.41, 5.74) is 6.67. The Bertz CT molecular complexity index is 1700. The van der Waals surface area contributed by atoms with Crippen LogP contribution in [0.2, 0.25) is 0 Å². The number of likely N-dealkylation sites (N-methyl/N-ethyl adjacent to an activating group) is 1. The fraction of sp³-hybridized carbons (Fsp3) is 0.115. The Balaban J connectivity index is 1.38. The molecule has 0 atom stereocenters. The van der Waals surface area contributed by atoms with Crippen LogP contribution in [0.25, 0.3) is 55.0 Å². The normalized spacial score (nSPS) is 11.5. The number of nitrogens with one attached hydrogen (secondary N) is 3. The molecular weight excluding hydrogens is 472 g/mol. The van der Waals surface area contributed by atoms with Gasteiger partial charge in [-0.05, 0) is 49.8 Å². The molecule has 9 nitrogen and oxygen atoms in total. The van der Waals surface area contributed by atoms with Crippen LogP contribution >= 0.6 is 11.3 Å². The summed E-state index contributed by atoms with van der Waals surface area (Å²) in [6, 6.07) is 12.1. The highest BCUT2D eigenvalue weighted by molar-refractivity contribution is 7.13. The van der Waals surface area contributed by atoms with E-state index in [1.807, 2.05) is 49.5 Å². The Morgan fingerprint density at radius 2 is 1.94 bits per heavy atom. The molecule has 6 aromatic rings. The molecule has 0 aromatic carbocycles. The maximum Gasteiger partial charge on any atom is 0.238 e. The van der Waals surface area contributed by atoms with E-state index in [1.54, 1.807) is 29.9 Å². The SMILES string of the molecule is CN(C)CC(=O)Nc1cncc(-c2cnc3n[nH]c(-c4cc5c(-c6cccs6)nccc5[nH]4)c3c2)c1. The van der Waals surface area contributed by atoms with Crippen molar-refractivity contribution >= 4 is 44.9 Å². The lowest BCUT2D eigenvalue weighted by atomic mass is 10.1.